The molecular formula is C12H21NOS2. The lowest BCUT2D eigenvalue weighted by atomic mass is 9.88. The van der Waals surface area contributed by atoms with Crippen LogP contribution in [0.2, 0.25) is 0 Å². The van der Waals surface area contributed by atoms with Crippen molar-refractivity contribution in [2.75, 3.05) is 6.26 Å². The van der Waals surface area contributed by atoms with E-state index in [1.54, 1.807) is 23.1 Å². The van der Waals surface area contributed by atoms with Crippen molar-refractivity contribution in [3.05, 3.63) is 15.6 Å². The normalized spacial score (nSPS) is 13.2. The van der Waals surface area contributed by atoms with Gasteiger partial charge in [0.2, 0.25) is 0 Å². The van der Waals surface area contributed by atoms with Gasteiger partial charge in [0.1, 0.15) is 5.01 Å². The van der Waals surface area contributed by atoms with Gasteiger partial charge in [-0.3, -0.25) is 0 Å². The van der Waals surface area contributed by atoms with Crippen LogP contribution in [-0.2, 0) is 16.8 Å². The van der Waals surface area contributed by atoms with Gasteiger partial charge in [-0.2, -0.15) is 11.8 Å². The molecule has 1 rings (SSSR count). The third-order valence-electron chi connectivity index (χ3n) is 2.21. The molecule has 0 unspecified atom stereocenters. The van der Waals surface area contributed by atoms with Gasteiger partial charge in [0.15, 0.2) is 0 Å². The van der Waals surface area contributed by atoms with E-state index in [-0.39, 0.29) is 5.41 Å². The zero-order valence-electron chi connectivity index (χ0n) is 10.9. The summed E-state index contributed by atoms with van der Waals surface area (Å²) in [6.45, 7) is 10.1. The Bertz CT molecular complexity index is 327. The molecule has 0 saturated carbocycles. The minimum Gasteiger partial charge on any atom is -0.385 e. The number of hydrogen-bond donors (Lipinski definition) is 1. The summed E-state index contributed by atoms with van der Waals surface area (Å²) >= 11 is 3.40. The molecule has 0 spiro atoms. The van der Waals surface area contributed by atoms with Crippen LogP contribution in [0.15, 0.2) is 0 Å². The number of nitrogens with zero attached hydrogens (tertiary/aromatic N) is 1. The fraction of sp³-hybridized carbons (Fsp3) is 0.750. The maximum absolute atomic E-state index is 10.2. The summed E-state index contributed by atoms with van der Waals surface area (Å²) < 4.78 is 0. The van der Waals surface area contributed by atoms with E-state index < -0.39 is 5.60 Å². The van der Waals surface area contributed by atoms with Gasteiger partial charge < -0.3 is 5.11 Å². The highest BCUT2D eigenvalue weighted by Crippen LogP contribution is 2.37. The topological polar surface area (TPSA) is 33.1 Å². The third kappa shape index (κ3) is 3.22. The first-order chi connectivity index (χ1) is 7.16. The molecular weight excluding hydrogens is 238 g/mol. The van der Waals surface area contributed by atoms with Crippen molar-refractivity contribution in [1.29, 1.82) is 0 Å². The molecule has 16 heavy (non-hydrogen) atoms. The smallest absolute Gasteiger partial charge is 0.103 e. The SMILES string of the molecule is CSCc1nc(C(C)(C)C)c(C(C)(C)O)s1. The van der Waals surface area contributed by atoms with Crippen molar-refractivity contribution in [3.63, 3.8) is 0 Å². The summed E-state index contributed by atoms with van der Waals surface area (Å²) in [7, 11) is 0. The average Bonchev–Trinajstić information content (AvgIpc) is 2.47. The number of aliphatic hydroxyl groups is 1. The molecule has 1 aromatic heterocycles. The predicted octanol–water partition coefficient (Wildman–Crippen LogP) is 3.53. The van der Waals surface area contributed by atoms with Crippen LogP contribution in [0.25, 0.3) is 0 Å². The average molecular weight is 259 g/mol. The molecule has 0 aromatic carbocycles. The van der Waals surface area contributed by atoms with Gasteiger partial charge in [-0.25, -0.2) is 4.98 Å². The molecule has 0 atom stereocenters. The van der Waals surface area contributed by atoms with Crippen molar-refractivity contribution in [3.8, 4) is 0 Å². The quantitative estimate of drug-likeness (QED) is 0.901. The standard InChI is InChI=1S/C12H21NOS2/c1-11(2,3)9-10(12(4,5)14)16-8(13-9)7-15-6/h14H,7H2,1-6H3. The first-order valence-electron chi connectivity index (χ1n) is 5.38. The first kappa shape index (κ1) is 14.0. The fourth-order valence-electron chi connectivity index (χ4n) is 1.47. The van der Waals surface area contributed by atoms with E-state index in [0.717, 1.165) is 21.3 Å². The highest BCUT2D eigenvalue weighted by molar-refractivity contribution is 7.97. The summed E-state index contributed by atoms with van der Waals surface area (Å²) in [6.07, 6.45) is 2.07. The van der Waals surface area contributed by atoms with Gasteiger partial charge in [-0.15, -0.1) is 11.3 Å². The summed E-state index contributed by atoms with van der Waals surface area (Å²) in [4.78, 5) is 5.68. The van der Waals surface area contributed by atoms with Crippen LogP contribution in [-0.4, -0.2) is 16.3 Å². The number of rotatable bonds is 3. The zero-order chi connectivity index (χ0) is 12.6. The minimum absolute atomic E-state index is 0.0114. The molecule has 1 aromatic rings. The van der Waals surface area contributed by atoms with Crippen molar-refractivity contribution < 1.29 is 5.11 Å². The number of aromatic nitrogens is 1. The van der Waals surface area contributed by atoms with Crippen molar-refractivity contribution in [2.24, 2.45) is 0 Å². The molecule has 0 radical (unpaired) electrons. The van der Waals surface area contributed by atoms with Crippen LogP contribution in [0.5, 0.6) is 0 Å². The highest BCUT2D eigenvalue weighted by atomic mass is 32.2. The lowest BCUT2D eigenvalue weighted by Crippen LogP contribution is -2.22. The molecule has 2 nitrogen and oxygen atoms in total. The Balaban J connectivity index is 3.24. The maximum atomic E-state index is 10.2. The third-order valence-corrected chi connectivity index (χ3v) is 4.32. The Hall–Kier alpha value is -0.0600. The Morgan fingerprint density at radius 1 is 1.25 bits per heavy atom. The first-order valence-corrected chi connectivity index (χ1v) is 7.59. The molecule has 0 bridgehead atoms. The number of thioether (sulfide) groups is 1. The molecule has 92 valence electrons. The molecule has 1 N–H and O–H groups in total. The molecule has 0 aliphatic carbocycles. The van der Waals surface area contributed by atoms with E-state index in [0.29, 0.717) is 0 Å². The van der Waals surface area contributed by atoms with Crippen molar-refractivity contribution >= 4 is 23.1 Å². The highest BCUT2D eigenvalue weighted by Gasteiger charge is 2.30. The Morgan fingerprint density at radius 3 is 2.12 bits per heavy atom. The maximum Gasteiger partial charge on any atom is 0.103 e. The molecule has 0 aliphatic heterocycles. The van der Waals surface area contributed by atoms with Crippen molar-refractivity contribution in [2.45, 2.75) is 51.4 Å². The number of hydrogen-bond acceptors (Lipinski definition) is 4. The summed E-state index contributed by atoms with van der Waals surface area (Å²) in [5.41, 5.74) is 0.230. The summed E-state index contributed by atoms with van der Waals surface area (Å²) in [5.74, 6) is 0.920. The monoisotopic (exact) mass is 259 g/mol. The van der Waals surface area contributed by atoms with Gasteiger partial charge in [0.25, 0.3) is 0 Å². The van der Waals surface area contributed by atoms with E-state index in [1.807, 2.05) is 13.8 Å². The fourth-order valence-corrected chi connectivity index (χ4v) is 3.44. The summed E-state index contributed by atoms with van der Waals surface area (Å²) in [5, 5.41) is 11.3. The second kappa shape index (κ2) is 4.67. The summed E-state index contributed by atoms with van der Waals surface area (Å²) in [6, 6.07) is 0. The van der Waals surface area contributed by atoms with Crippen molar-refractivity contribution in [1.82, 2.24) is 4.98 Å². The Morgan fingerprint density at radius 2 is 1.81 bits per heavy atom. The molecule has 0 fully saturated rings. The lowest BCUT2D eigenvalue weighted by Gasteiger charge is -2.23. The molecule has 0 amide bonds. The Kier molecular flexibility index (Phi) is 4.08. The zero-order valence-corrected chi connectivity index (χ0v) is 12.6. The number of thiazole rings is 1. The molecule has 4 heteroatoms. The minimum atomic E-state index is -0.795. The van der Waals surface area contributed by atoms with Crippen LogP contribution >= 0.6 is 23.1 Å². The van der Waals surface area contributed by atoms with E-state index in [4.69, 9.17) is 0 Å². The van der Waals surface area contributed by atoms with Crippen LogP contribution in [0.4, 0.5) is 0 Å². The van der Waals surface area contributed by atoms with E-state index in [9.17, 15) is 5.11 Å². The van der Waals surface area contributed by atoms with Gasteiger partial charge in [-0.05, 0) is 20.1 Å². The van der Waals surface area contributed by atoms with Crippen LogP contribution in [0.1, 0.15) is 50.2 Å². The lowest BCUT2D eigenvalue weighted by molar-refractivity contribution is 0.0803. The van der Waals surface area contributed by atoms with Gasteiger partial charge >= 0.3 is 0 Å². The van der Waals surface area contributed by atoms with E-state index in [1.165, 1.54) is 0 Å². The van der Waals surface area contributed by atoms with E-state index >= 15 is 0 Å². The van der Waals surface area contributed by atoms with Gasteiger partial charge in [0, 0.05) is 11.2 Å². The second-order valence-electron chi connectivity index (χ2n) is 5.53. The molecule has 0 saturated heterocycles. The molecule has 1 heterocycles. The Labute approximate surface area is 106 Å². The largest absolute Gasteiger partial charge is 0.385 e. The molecule has 0 aliphatic rings. The van der Waals surface area contributed by atoms with Crippen LogP contribution in [0.3, 0.4) is 0 Å². The van der Waals surface area contributed by atoms with Crippen LogP contribution < -0.4 is 0 Å². The van der Waals surface area contributed by atoms with E-state index in [2.05, 4.69) is 32.0 Å². The van der Waals surface area contributed by atoms with Gasteiger partial charge in [-0.1, -0.05) is 20.8 Å². The van der Waals surface area contributed by atoms with Gasteiger partial charge in [0.05, 0.1) is 16.2 Å². The second-order valence-corrected chi connectivity index (χ2v) is 7.48. The predicted molar refractivity (Wildman–Crippen MR) is 73.3 cm³/mol. The van der Waals surface area contributed by atoms with Crippen LogP contribution in [0, 0.1) is 0 Å².